The molecule has 1 aromatic heterocycles. The Labute approximate surface area is 103 Å². The first kappa shape index (κ1) is 11.0. The van der Waals surface area contributed by atoms with Gasteiger partial charge in [0, 0.05) is 16.6 Å². The molecule has 1 heterocycles. The molecule has 0 unspecified atom stereocenters. The predicted octanol–water partition coefficient (Wildman–Crippen LogP) is 4.37. The normalized spacial score (nSPS) is 12.0. The summed E-state index contributed by atoms with van der Waals surface area (Å²) < 4.78 is -1.41. The average molecular weight is 261 g/mol. The van der Waals surface area contributed by atoms with E-state index >= 15 is 0 Å². The zero-order chi connectivity index (χ0) is 11.1. The molecule has 2 rings (SSSR count). The number of aryl methyl sites for hydroxylation is 1. The van der Waals surface area contributed by atoms with E-state index in [9.17, 15) is 0 Å². The Balaban J connectivity index is 2.83. The molecule has 0 atom stereocenters. The molecule has 0 fully saturated rings. The first-order chi connectivity index (χ1) is 6.98. The van der Waals surface area contributed by atoms with Crippen molar-refractivity contribution in [1.82, 2.24) is 4.98 Å². The quantitative estimate of drug-likeness (QED) is 0.641. The van der Waals surface area contributed by atoms with Crippen molar-refractivity contribution in [3.63, 3.8) is 0 Å². The lowest BCUT2D eigenvalue weighted by Gasteiger charge is -2.14. The summed E-state index contributed by atoms with van der Waals surface area (Å²) in [5.41, 5.74) is 2.37. The smallest absolute Gasteiger partial charge is 0.216 e. The molecule has 0 N–H and O–H groups in total. The van der Waals surface area contributed by atoms with Gasteiger partial charge in [-0.2, -0.15) is 0 Å². The van der Waals surface area contributed by atoms with Crippen LogP contribution in [0, 0.1) is 6.92 Å². The molecule has 0 aliphatic rings. The molecule has 0 saturated carbocycles. The summed E-state index contributed by atoms with van der Waals surface area (Å²) in [6.45, 7) is 1.88. The van der Waals surface area contributed by atoms with E-state index < -0.39 is 3.79 Å². The lowest BCUT2D eigenvalue weighted by Crippen LogP contribution is -2.03. The largest absolute Gasteiger partial charge is 0.253 e. The number of hydrogen-bond donors (Lipinski definition) is 0. The zero-order valence-corrected chi connectivity index (χ0v) is 10.2. The van der Waals surface area contributed by atoms with Gasteiger partial charge in [0.05, 0.1) is 5.52 Å². The number of aromatic nitrogens is 1. The van der Waals surface area contributed by atoms with Crippen molar-refractivity contribution in [2.75, 3.05) is 0 Å². The van der Waals surface area contributed by atoms with Crippen LogP contribution in [0.4, 0.5) is 0 Å². The summed E-state index contributed by atoms with van der Waals surface area (Å²) in [6, 6.07) is 9.42. The van der Waals surface area contributed by atoms with Crippen molar-refractivity contribution in [1.29, 1.82) is 0 Å². The third-order valence-electron chi connectivity index (χ3n) is 2.15. The Morgan fingerprint density at radius 2 is 1.80 bits per heavy atom. The number of fused-ring (bicyclic) bond motifs is 1. The van der Waals surface area contributed by atoms with Crippen LogP contribution in [0.25, 0.3) is 10.9 Å². The van der Waals surface area contributed by atoms with Crippen LogP contribution in [-0.2, 0) is 3.79 Å². The van der Waals surface area contributed by atoms with Crippen molar-refractivity contribution in [3.8, 4) is 0 Å². The molecule has 2 aromatic rings. The highest BCUT2D eigenvalue weighted by Crippen LogP contribution is 2.41. The van der Waals surface area contributed by atoms with Gasteiger partial charge in [-0.15, -0.1) is 0 Å². The van der Waals surface area contributed by atoms with E-state index in [0.29, 0.717) is 5.56 Å². The standard InChI is InChI=1S/C11H8Cl3N/c1-7-6-9(11(12,13)14)8-4-2-3-5-10(8)15-7/h2-6H,1H3. The van der Waals surface area contributed by atoms with Crippen molar-refractivity contribution >= 4 is 45.7 Å². The van der Waals surface area contributed by atoms with Crippen LogP contribution in [0.1, 0.15) is 11.3 Å². The zero-order valence-electron chi connectivity index (χ0n) is 7.97. The molecule has 1 aromatic carbocycles. The van der Waals surface area contributed by atoms with E-state index in [1.54, 1.807) is 6.07 Å². The van der Waals surface area contributed by atoms with Gasteiger partial charge in [-0.3, -0.25) is 4.98 Å². The highest BCUT2D eigenvalue weighted by Gasteiger charge is 2.25. The summed E-state index contributed by atoms with van der Waals surface area (Å²) in [6.07, 6.45) is 0. The molecule has 78 valence electrons. The second kappa shape index (κ2) is 3.82. The summed E-state index contributed by atoms with van der Waals surface area (Å²) in [4.78, 5) is 4.37. The fourth-order valence-electron chi connectivity index (χ4n) is 1.54. The Morgan fingerprint density at radius 3 is 2.47 bits per heavy atom. The number of hydrogen-bond acceptors (Lipinski definition) is 1. The lowest BCUT2D eigenvalue weighted by molar-refractivity contribution is 1.18. The third-order valence-corrected chi connectivity index (χ3v) is 2.76. The topological polar surface area (TPSA) is 12.9 Å². The van der Waals surface area contributed by atoms with E-state index in [4.69, 9.17) is 34.8 Å². The maximum atomic E-state index is 5.91. The first-order valence-electron chi connectivity index (χ1n) is 4.42. The van der Waals surface area contributed by atoms with Gasteiger partial charge in [0.1, 0.15) is 0 Å². The molecule has 0 aliphatic carbocycles. The first-order valence-corrected chi connectivity index (χ1v) is 5.55. The summed E-state index contributed by atoms with van der Waals surface area (Å²) in [5, 5.41) is 0.878. The number of alkyl halides is 3. The highest BCUT2D eigenvalue weighted by molar-refractivity contribution is 6.67. The summed E-state index contributed by atoms with van der Waals surface area (Å²) >= 11 is 17.7. The molecular weight excluding hydrogens is 252 g/mol. The third kappa shape index (κ3) is 2.20. The Bertz CT molecular complexity index is 503. The second-order valence-electron chi connectivity index (χ2n) is 3.33. The molecule has 0 saturated heterocycles. The van der Waals surface area contributed by atoms with E-state index in [1.807, 2.05) is 31.2 Å². The number of nitrogens with zero attached hydrogens (tertiary/aromatic N) is 1. The Hall–Kier alpha value is -0.500. The van der Waals surface area contributed by atoms with E-state index in [-0.39, 0.29) is 0 Å². The van der Waals surface area contributed by atoms with Gasteiger partial charge in [0.15, 0.2) is 0 Å². The number of halogens is 3. The summed E-state index contributed by atoms with van der Waals surface area (Å²) in [7, 11) is 0. The van der Waals surface area contributed by atoms with Gasteiger partial charge in [-0.25, -0.2) is 0 Å². The van der Waals surface area contributed by atoms with Crippen LogP contribution in [0.5, 0.6) is 0 Å². The average Bonchev–Trinajstić information content (AvgIpc) is 2.15. The van der Waals surface area contributed by atoms with Gasteiger partial charge < -0.3 is 0 Å². The molecular formula is C11H8Cl3N. The van der Waals surface area contributed by atoms with Crippen LogP contribution in [0.15, 0.2) is 30.3 Å². The minimum Gasteiger partial charge on any atom is -0.253 e. The van der Waals surface area contributed by atoms with Crippen LogP contribution in [0.3, 0.4) is 0 Å². The highest BCUT2D eigenvalue weighted by atomic mass is 35.6. The Kier molecular flexibility index (Phi) is 2.80. The maximum absolute atomic E-state index is 5.91. The fraction of sp³-hybridized carbons (Fsp3) is 0.182. The lowest BCUT2D eigenvalue weighted by atomic mass is 10.1. The van der Waals surface area contributed by atoms with Gasteiger partial charge in [-0.05, 0) is 19.1 Å². The predicted molar refractivity (Wildman–Crippen MR) is 65.7 cm³/mol. The number of para-hydroxylation sites is 1. The van der Waals surface area contributed by atoms with Crippen molar-refractivity contribution in [2.24, 2.45) is 0 Å². The van der Waals surface area contributed by atoms with Gasteiger partial charge in [-0.1, -0.05) is 53.0 Å². The van der Waals surface area contributed by atoms with Crippen LogP contribution >= 0.6 is 34.8 Å². The van der Waals surface area contributed by atoms with Gasteiger partial charge in [0.25, 0.3) is 0 Å². The molecule has 4 heteroatoms. The fourth-order valence-corrected chi connectivity index (χ4v) is 2.01. The van der Waals surface area contributed by atoms with Gasteiger partial charge in [0.2, 0.25) is 3.79 Å². The van der Waals surface area contributed by atoms with Crippen molar-refractivity contribution in [3.05, 3.63) is 41.6 Å². The maximum Gasteiger partial charge on any atom is 0.216 e. The molecule has 0 radical (unpaired) electrons. The summed E-state index contributed by atoms with van der Waals surface area (Å²) in [5.74, 6) is 0. The van der Waals surface area contributed by atoms with Crippen molar-refractivity contribution < 1.29 is 0 Å². The monoisotopic (exact) mass is 259 g/mol. The van der Waals surface area contributed by atoms with Crippen LogP contribution < -0.4 is 0 Å². The molecule has 0 spiro atoms. The van der Waals surface area contributed by atoms with Crippen LogP contribution in [-0.4, -0.2) is 4.98 Å². The number of benzene rings is 1. The van der Waals surface area contributed by atoms with Crippen LogP contribution in [0.2, 0.25) is 0 Å². The number of rotatable bonds is 0. The van der Waals surface area contributed by atoms with E-state index in [0.717, 1.165) is 16.6 Å². The molecule has 1 nitrogen and oxygen atoms in total. The van der Waals surface area contributed by atoms with Crippen molar-refractivity contribution in [2.45, 2.75) is 10.7 Å². The second-order valence-corrected chi connectivity index (χ2v) is 5.61. The minimum atomic E-state index is -1.41. The Morgan fingerprint density at radius 1 is 1.13 bits per heavy atom. The molecule has 0 bridgehead atoms. The van der Waals surface area contributed by atoms with Gasteiger partial charge >= 0.3 is 0 Å². The molecule has 0 amide bonds. The molecule has 15 heavy (non-hydrogen) atoms. The van der Waals surface area contributed by atoms with E-state index in [2.05, 4.69) is 4.98 Å². The SMILES string of the molecule is Cc1cc(C(Cl)(Cl)Cl)c2ccccc2n1. The van der Waals surface area contributed by atoms with E-state index in [1.165, 1.54) is 0 Å². The molecule has 0 aliphatic heterocycles. The number of pyridine rings is 1. The minimum absolute atomic E-state index is 0.676.